The Balaban J connectivity index is 1.86. The number of hydrogen-bond donors (Lipinski definition) is 6. The summed E-state index contributed by atoms with van der Waals surface area (Å²) >= 11 is 0. The van der Waals surface area contributed by atoms with E-state index in [1.165, 1.54) is 17.0 Å². The molecule has 11 heteroatoms. The average Bonchev–Trinajstić information content (AvgIpc) is 3.28. The number of nitrogens with one attached hydrogen (secondary N) is 2. The summed E-state index contributed by atoms with van der Waals surface area (Å²) in [4.78, 5) is 50.5. The molecule has 3 amide bonds. The van der Waals surface area contributed by atoms with E-state index in [2.05, 4.69) is 10.6 Å². The fourth-order valence-corrected chi connectivity index (χ4v) is 3.75. The number of carbonyl (C=O) groups is 4. The number of carbonyl (C=O) groups excluding carboxylic acids is 3. The van der Waals surface area contributed by atoms with Gasteiger partial charge in [0.25, 0.3) is 0 Å². The molecule has 0 bridgehead atoms. The second-order valence-corrected chi connectivity index (χ2v) is 8.13. The number of unbranched alkanes of at least 4 members (excludes halogenated alkanes) is 1. The summed E-state index contributed by atoms with van der Waals surface area (Å²) in [5.74, 6) is -2.61. The van der Waals surface area contributed by atoms with Crippen LogP contribution in [0.15, 0.2) is 24.3 Å². The van der Waals surface area contributed by atoms with Gasteiger partial charge in [0.2, 0.25) is 17.7 Å². The van der Waals surface area contributed by atoms with Crippen molar-refractivity contribution in [3.05, 3.63) is 29.8 Å². The molecule has 8 N–H and O–H groups in total. The Morgan fingerprint density at radius 3 is 2.48 bits per heavy atom. The highest BCUT2D eigenvalue weighted by atomic mass is 16.4. The second kappa shape index (κ2) is 12.8. The van der Waals surface area contributed by atoms with Gasteiger partial charge in [-0.25, -0.2) is 4.79 Å². The number of aliphatic carboxylic acids is 1. The fraction of sp³-hybridized carbons (Fsp3) is 0.545. The van der Waals surface area contributed by atoms with Gasteiger partial charge in [-0.1, -0.05) is 18.6 Å². The molecule has 1 aliphatic heterocycles. The van der Waals surface area contributed by atoms with E-state index < -0.39 is 42.5 Å². The van der Waals surface area contributed by atoms with Crippen molar-refractivity contribution >= 4 is 23.7 Å². The van der Waals surface area contributed by atoms with E-state index in [1.54, 1.807) is 12.1 Å². The van der Waals surface area contributed by atoms with E-state index in [1.807, 2.05) is 0 Å². The third-order valence-electron chi connectivity index (χ3n) is 5.56. The van der Waals surface area contributed by atoms with Crippen LogP contribution in [0, 0.1) is 0 Å². The number of carboxylic acid groups (broad SMARTS) is 1. The number of rotatable bonds is 12. The van der Waals surface area contributed by atoms with Crippen LogP contribution in [0.2, 0.25) is 0 Å². The molecule has 0 spiro atoms. The van der Waals surface area contributed by atoms with Crippen LogP contribution in [0.3, 0.4) is 0 Å². The maximum Gasteiger partial charge on any atom is 0.326 e. The summed E-state index contributed by atoms with van der Waals surface area (Å²) in [5.41, 5.74) is 12.1. The molecule has 0 aromatic heterocycles. The van der Waals surface area contributed by atoms with Crippen LogP contribution in [0.1, 0.15) is 37.7 Å². The normalized spacial score (nSPS) is 17.3. The average molecular weight is 464 g/mol. The summed E-state index contributed by atoms with van der Waals surface area (Å²) in [6.45, 7) is 0.524. The molecule has 3 unspecified atom stereocenters. The van der Waals surface area contributed by atoms with Crippen molar-refractivity contribution in [1.82, 2.24) is 15.5 Å². The van der Waals surface area contributed by atoms with Gasteiger partial charge in [0, 0.05) is 13.0 Å². The van der Waals surface area contributed by atoms with Gasteiger partial charge in [-0.15, -0.1) is 0 Å². The number of hydrogen-bond acceptors (Lipinski definition) is 7. The lowest BCUT2D eigenvalue weighted by molar-refractivity contribution is -0.142. The summed E-state index contributed by atoms with van der Waals surface area (Å²) in [6, 6.07) is 3.36. The first-order chi connectivity index (χ1) is 15.7. The van der Waals surface area contributed by atoms with Crippen molar-refractivity contribution in [2.75, 3.05) is 19.6 Å². The fourth-order valence-electron chi connectivity index (χ4n) is 3.75. The Labute approximate surface area is 192 Å². The summed E-state index contributed by atoms with van der Waals surface area (Å²) < 4.78 is 0. The minimum Gasteiger partial charge on any atom is -0.508 e. The van der Waals surface area contributed by atoms with Crippen LogP contribution in [-0.4, -0.2) is 76.6 Å². The van der Waals surface area contributed by atoms with E-state index in [9.17, 15) is 29.4 Å². The molecule has 182 valence electrons. The van der Waals surface area contributed by atoms with Gasteiger partial charge in [-0.2, -0.15) is 0 Å². The van der Waals surface area contributed by atoms with Gasteiger partial charge in [-0.3, -0.25) is 14.4 Å². The van der Waals surface area contributed by atoms with Crippen molar-refractivity contribution in [2.45, 2.75) is 56.7 Å². The maximum atomic E-state index is 12.6. The molecular formula is C22H33N5O6. The van der Waals surface area contributed by atoms with E-state index in [0.29, 0.717) is 37.9 Å². The van der Waals surface area contributed by atoms with E-state index >= 15 is 0 Å². The smallest absolute Gasteiger partial charge is 0.326 e. The lowest BCUT2D eigenvalue weighted by atomic mass is 10.1. The monoisotopic (exact) mass is 463 g/mol. The molecule has 0 radical (unpaired) electrons. The number of phenolic OH excluding ortho intramolecular Hbond substituents is 1. The molecule has 0 aliphatic carbocycles. The van der Waals surface area contributed by atoms with Gasteiger partial charge in [0.1, 0.15) is 17.8 Å². The minimum atomic E-state index is -1.22. The number of nitrogens with two attached hydrogens (primary N) is 2. The molecule has 11 nitrogen and oxygen atoms in total. The summed E-state index contributed by atoms with van der Waals surface area (Å²) in [5, 5.41) is 23.6. The Kier molecular flexibility index (Phi) is 10.1. The lowest BCUT2D eigenvalue weighted by Gasteiger charge is -2.26. The van der Waals surface area contributed by atoms with Crippen molar-refractivity contribution in [1.29, 1.82) is 0 Å². The zero-order valence-corrected chi connectivity index (χ0v) is 18.5. The number of nitrogens with zero attached hydrogens (tertiary/aromatic N) is 1. The van der Waals surface area contributed by atoms with Crippen molar-refractivity contribution in [3.63, 3.8) is 0 Å². The van der Waals surface area contributed by atoms with Crippen LogP contribution in [0.4, 0.5) is 0 Å². The maximum absolute atomic E-state index is 12.6. The van der Waals surface area contributed by atoms with Crippen molar-refractivity contribution < 1.29 is 29.4 Å². The van der Waals surface area contributed by atoms with Crippen LogP contribution in [0.5, 0.6) is 5.75 Å². The number of benzene rings is 1. The molecular weight excluding hydrogens is 430 g/mol. The SMILES string of the molecule is NCCCCC(N)C(=O)N1CCCC1C(=O)NCC(=O)NC(Cc1ccc(O)cc1)C(=O)O. The molecule has 3 atom stereocenters. The number of carboxylic acids is 1. The molecule has 1 heterocycles. The molecule has 1 aromatic carbocycles. The molecule has 0 saturated carbocycles. The van der Waals surface area contributed by atoms with Gasteiger partial charge < -0.3 is 37.2 Å². The highest BCUT2D eigenvalue weighted by molar-refractivity contribution is 5.93. The zero-order chi connectivity index (χ0) is 24.4. The molecule has 1 aliphatic rings. The highest BCUT2D eigenvalue weighted by Gasteiger charge is 2.36. The first-order valence-corrected chi connectivity index (χ1v) is 11.1. The van der Waals surface area contributed by atoms with Gasteiger partial charge in [-0.05, 0) is 49.9 Å². The molecule has 1 aromatic rings. The van der Waals surface area contributed by atoms with Gasteiger partial charge in [0.05, 0.1) is 12.6 Å². The molecule has 1 fully saturated rings. The highest BCUT2D eigenvalue weighted by Crippen LogP contribution is 2.19. The van der Waals surface area contributed by atoms with Gasteiger partial charge >= 0.3 is 5.97 Å². The first-order valence-electron chi connectivity index (χ1n) is 11.1. The number of aromatic hydroxyl groups is 1. The molecule has 33 heavy (non-hydrogen) atoms. The Morgan fingerprint density at radius 1 is 1.15 bits per heavy atom. The van der Waals surface area contributed by atoms with Crippen molar-refractivity contribution in [2.24, 2.45) is 11.5 Å². The van der Waals surface area contributed by atoms with Gasteiger partial charge in [0.15, 0.2) is 0 Å². The van der Waals surface area contributed by atoms with Crippen LogP contribution in [-0.2, 0) is 25.6 Å². The Morgan fingerprint density at radius 2 is 1.85 bits per heavy atom. The first kappa shape index (κ1) is 26.1. The topological polar surface area (TPSA) is 188 Å². The summed E-state index contributed by atoms with van der Waals surface area (Å²) in [6.07, 6.45) is 3.11. The van der Waals surface area contributed by atoms with E-state index in [0.717, 1.165) is 12.8 Å². The predicted octanol–water partition coefficient (Wildman–Crippen LogP) is -0.932. The predicted molar refractivity (Wildman–Crippen MR) is 120 cm³/mol. The quantitative estimate of drug-likeness (QED) is 0.214. The number of phenols is 1. The second-order valence-electron chi connectivity index (χ2n) is 8.13. The summed E-state index contributed by atoms with van der Waals surface area (Å²) in [7, 11) is 0. The van der Waals surface area contributed by atoms with E-state index in [4.69, 9.17) is 11.5 Å². The third kappa shape index (κ3) is 8.03. The van der Waals surface area contributed by atoms with E-state index in [-0.39, 0.29) is 18.1 Å². The zero-order valence-electron chi connectivity index (χ0n) is 18.5. The van der Waals surface area contributed by atoms with Crippen LogP contribution < -0.4 is 22.1 Å². The Bertz CT molecular complexity index is 831. The lowest BCUT2D eigenvalue weighted by Crippen LogP contribution is -2.53. The minimum absolute atomic E-state index is 0.0161. The van der Waals surface area contributed by atoms with Crippen LogP contribution in [0.25, 0.3) is 0 Å². The van der Waals surface area contributed by atoms with Crippen molar-refractivity contribution in [3.8, 4) is 5.75 Å². The largest absolute Gasteiger partial charge is 0.508 e. The molecule has 2 rings (SSSR count). The number of amides is 3. The molecule has 1 saturated heterocycles. The van der Waals surface area contributed by atoms with Crippen LogP contribution >= 0.6 is 0 Å². The Hall–Kier alpha value is -3.18. The third-order valence-corrected chi connectivity index (χ3v) is 5.56. The standard InChI is InChI=1S/C22H33N5O6/c23-10-2-1-4-16(24)21(31)27-11-3-5-18(27)20(30)25-13-19(29)26-17(22(32)33)12-14-6-8-15(28)9-7-14/h6-9,16-18,28H,1-5,10-13,23-24H2,(H,25,30)(H,26,29)(H,32,33). The number of likely N-dealkylation sites (tertiary alicyclic amines) is 1.